The predicted octanol–water partition coefficient (Wildman–Crippen LogP) is 4.04. The Morgan fingerprint density at radius 3 is 2.68 bits per heavy atom. The number of fused-ring (bicyclic) bond motifs is 2. The van der Waals surface area contributed by atoms with Gasteiger partial charge in [0.1, 0.15) is 11.9 Å². The Hall–Kier alpha value is -3.43. The highest BCUT2D eigenvalue weighted by Crippen LogP contribution is 2.33. The first kappa shape index (κ1) is 26.6. The molecule has 0 radical (unpaired) electrons. The van der Waals surface area contributed by atoms with E-state index in [4.69, 9.17) is 10.3 Å². The van der Waals surface area contributed by atoms with Crippen molar-refractivity contribution in [3.8, 4) is 0 Å². The van der Waals surface area contributed by atoms with Crippen molar-refractivity contribution in [1.82, 2.24) is 20.4 Å². The molecule has 0 aliphatic carbocycles. The van der Waals surface area contributed by atoms with Crippen LogP contribution in [-0.4, -0.2) is 51.5 Å². The molecule has 0 bridgehead atoms. The molecule has 1 fully saturated rings. The lowest BCUT2D eigenvalue weighted by molar-refractivity contribution is -0.138. The lowest BCUT2D eigenvalue weighted by Gasteiger charge is -2.34. The summed E-state index contributed by atoms with van der Waals surface area (Å²) in [6.45, 7) is 4.28. The Bertz CT molecular complexity index is 1420. The maximum Gasteiger partial charge on any atom is 0.245 e. The molecule has 0 unspecified atom stereocenters. The van der Waals surface area contributed by atoms with E-state index in [2.05, 4.69) is 15.5 Å². The van der Waals surface area contributed by atoms with E-state index >= 15 is 0 Å². The van der Waals surface area contributed by atoms with Gasteiger partial charge in [-0.3, -0.25) is 9.59 Å². The molecule has 0 saturated carbocycles. The minimum Gasteiger partial charge on any atom is -0.361 e. The van der Waals surface area contributed by atoms with Gasteiger partial charge >= 0.3 is 0 Å². The second-order valence-corrected chi connectivity index (χ2v) is 10.1. The van der Waals surface area contributed by atoms with Gasteiger partial charge < -0.3 is 25.5 Å². The van der Waals surface area contributed by atoms with Crippen LogP contribution in [0.4, 0.5) is 4.39 Å². The van der Waals surface area contributed by atoms with Crippen LogP contribution in [0.25, 0.3) is 21.9 Å². The molecule has 1 aliphatic heterocycles. The minimum absolute atomic E-state index is 0. The highest BCUT2D eigenvalue weighted by atomic mass is 35.5. The van der Waals surface area contributed by atoms with E-state index in [1.165, 1.54) is 12.1 Å². The second kappa shape index (κ2) is 10.5. The van der Waals surface area contributed by atoms with E-state index in [0.29, 0.717) is 37.9 Å². The Morgan fingerprint density at radius 2 is 1.95 bits per heavy atom. The number of amides is 2. The number of para-hydroxylation sites is 1. The Balaban J connectivity index is 0.00000320. The average Bonchev–Trinajstić information content (AvgIpc) is 3.46. The summed E-state index contributed by atoms with van der Waals surface area (Å²) in [5.74, 6) is -0.778. The van der Waals surface area contributed by atoms with Crippen molar-refractivity contribution in [1.29, 1.82) is 0 Å². The van der Waals surface area contributed by atoms with Crippen LogP contribution >= 0.6 is 12.4 Å². The minimum atomic E-state index is -1.11. The number of aromatic amines is 1. The fraction of sp³-hybridized carbons (Fsp3) is 0.370. The zero-order valence-corrected chi connectivity index (χ0v) is 21.6. The first-order chi connectivity index (χ1) is 17.2. The van der Waals surface area contributed by atoms with E-state index in [9.17, 15) is 14.0 Å². The SMILES string of the molecule is CC(C)(N)C(=O)N[C@H](Cc1c[nH]c2ccccc12)C(=O)N1CCC(c2noc3cc(F)ccc23)CC1.Cl. The molecule has 2 aromatic carbocycles. The highest BCUT2D eigenvalue weighted by molar-refractivity contribution is 5.92. The Kier molecular flexibility index (Phi) is 7.57. The number of H-pyrrole nitrogens is 1. The second-order valence-electron chi connectivity index (χ2n) is 10.1. The van der Waals surface area contributed by atoms with E-state index in [-0.39, 0.29) is 36.0 Å². The van der Waals surface area contributed by atoms with Crippen LogP contribution in [0.15, 0.2) is 53.2 Å². The molecule has 3 heterocycles. The number of aromatic nitrogens is 2. The number of nitrogens with two attached hydrogens (primary N) is 1. The summed E-state index contributed by atoms with van der Waals surface area (Å²) >= 11 is 0. The number of likely N-dealkylation sites (tertiary alicyclic amines) is 1. The number of nitrogens with zero attached hydrogens (tertiary/aromatic N) is 2. The summed E-state index contributed by atoms with van der Waals surface area (Å²) in [7, 11) is 0. The van der Waals surface area contributed by atoms with Gasteiger partial charge in [-0.1, -0.05) is 23.4 Å². The van der Waals surface area contributed by atoms with Gasteiger partial charge in [-0.15, -0.1) is 12.4 Å². The first-order valence-corrected chi connectivity index (χ1v) is 12.2. The maximum atomic E-state index is 13.7. The van der Waals surface area contributed by atoms with E-state index in [1.54, 1.807) is 24.8 Å². The molecule has 2 aromatic heterocycles. The van der Waals surface area contributed by atoms with Gasteiger partial charge in [-0.05, 0) is 50.5 Å². The van der Waals surface area contributed by atoms with Crippen LogP contribution in [0, 0.1) is 5.82 Å². The summed E-state index contributed by atoms with van der Waals surface area (Å²) in [6, 6.07) is 11.6. The number of hydrogen-bond acceptors (Lipinski definition) is 5. The summed E-state index contributed by atoms with van der Waals surface area (Å²) in [5.41, 5.74) is 8.06. The Labute approximate surface area is 220 Å². The quantitative estimate of drug-likeness (QED) is 0.350. The van der Waals surface area contributed by atoms with Crippen molar-refractivity contribution in [3.63, 3.8) is 0 Å². The first-order valence-electron chi connectivity index (χ1n) is 12.2. The van der Waals surface area contributed by atoms with Crippen LogP contribution in [0.3, 0.4) is 0 Å². The molecule has 8 nitrogen and oxygen atoms in total. The molecule has 4 N–H and O–H groups in total. The molecule has 1 aliphatic rings. The zero-order chi connectivity index (χ0) is 25.4. The number of rotatable bonds is 6. The number of benzene rings is 2. The van der Waals surface area contributed by atoms with Crippen molar-refractivity contribution in [2.75, 3.05) is 13.1 Å². The molecule has 37 heavy (non-hydrogen) atoms. The van der Waals surface area contributed by atoms with Gasteiger partial charge in [-0.2, -0.15) is 0 Å². The van der Waals surface area contributed by atoms with Crippen LogP contribution in [0.1, 0.15) is 43.9 Å². The fourth-order valence-corrected chi connectivity index (χ4v) is 4.88. The van der Waals surface area contributed by atoms with E-state index < -0.39 is 11.6 Å². The summed E-state index contributed by atoms with van der Waals surface area (Å²) in [6.07, 6.45) is 3.63. The molecule has 1 saturated heterocycles. The summed E-state index contributed by atoms with van der Waals surface area (Å²) < 4.78 is 18.9. The topological polar surface area (TPSA) is 117 Å². The molecule has 5 rings (SSSR count). The van der Waals surface area contributed by atoms with Crippen molar-refractivity contribution < 1.29 is 18.5 Å². The smallest absolute Gasteiger partial charge is 0.245 e. The third-order valence-corrected chi connectivity index (χ3v) is 6.94. The number of carbonyl (C=O) groups is 2. The van der Waals surface area contributed by atoms with Crippen LogP contribution in [0.5, 0.6) is 0 Å². The average molecular weight is 528 g/mol. The highest BCUT2D eigenvalue weighted by Gasteiger charge is 2.34. The summed E-state index contributed by atoms with van der Waals surface area (Å²) in [4.78, 5) is 31.4. The van der Waals surface area contributed by atoms with Crippen molar-refractivity contribution >= 4 is 46.1 Å². The number of nitrogens with one attached hydrogen (secondary N) is 2. The maximum absolute atomic E-state index is 13.7. The normalized spacial score (nSPS) is 15.5. The van der Waals surface area contributed by atoms with Gasteiger partial charge in [0, 0.05) is 54.0 Å². The molecule has 1 atom stereocenters. The zero-order valence-electron chi connectivity index (χ0n) is 20.8. The third-order valence-electron chi connectivity index (χ3n) is 6.94. The molecule has 4 aromatic rings. The summed E-state index contributed by atoms with van der Waals surface area (Å²) in [5, 5.41) is 8.90. The van der Waals surface area contributed by atoms with Gasteiger partial charge in [0.05, 0.1) is 11.2 Å². The van der Waals surface area contributed by atoms with Gasteiger partial charge in [0.25, 0.3) is 0 Å². The van der Waals surface area contributed by atoms with Gasteiger partial charge in [0.2, 0.25) is 11.8 Å². The molecular weight excluding hydrogens is 497 g/mol. The standard InChI is InChI=1S/C27H30FN5O3.ClH/c1-27(2,29)26(35)31-22(13-17-15-30-21-6-4-3-5-19(17)21)25(34)33-11-9-16(10-12-33)24-20-8-7-18(28)14-23(20)36-32-24;/h3-8,14-16,22,30H,9-13,29H2,1-2H3,(H,31,35);1H/t22-;/m1./s1. The lowest BCUT2D eigenvalue weighted by Crippen LogP contribution is -2.57. The predicted molar refractivity (Wildman–Crippen MR) is 142 cm³/mol. The van der Waals surface area contributed by atoms with Crippen molar-refractivity contribution in [3.05, 3.63) is 65.7 Å². The van der Waals surface area contributed by atoms with Gasteiger partial charge in [0.15, 0.2) is 5.58 Å². The number of hydrogen-bond donors (Lipinski definition) is 3. The number of piperidine rings is 1. The van der Waals surface area contributed by atoms with E-state index in [0.717, 1.165) is 27.5 Å². The lowest BCUT2D eigenvalue weighted by atomic mass is 9.91. The van der Waals surface area contributed by atoms with Crippen LogP contribution < -0.4 is 11.1 Å². The van der Waals surface area contributed by atoms with E-state index in [1.807, 2.05) is 30.5 Å². The van der Waals surface area contributed by atoms with Crippen LogP contribution in [-0.2, 0) is 16.0 Å². The number of halogens is 2. The fourth-order valence-electron chi connectivity index (χ4n) is 4.88. The largest absolute Gasteiger partial charge is 0.361 e. The van der Waals surface area contributed by atoms with Crippen molar-refractivity contribution in [2.45, 2.75) is 50.6 Å². The molecule has 10 heteroatoms. The van der Waals surface area contributed by atoms with Gasteiger partial charge in [-0.25, -0.2) is 4.39 Å². The Morgan fingerprint density at radius 1 is 1.22 bits per heavy atom. The number of carbonyl (C=O) groups excluding carboxylic acids is 2. The molecule has 0 spiro atoms. The monoisotopic (exact) mass is 527 g/mol. The molecular formula is C27H31ClFN5O3. The third kappa shape index (κ3) is 5.47. The molecule has 2 amide bonds. The van der Waals surface area contributed by atoms with Crippen molar-refractivity contribution in [2.24, 2.45) is 5.73 Å². The molecule has 196 valence electrons. The van der Waals surface area contributed by atoms with Crippen LogP contribution in [0.2, 0.25) is 0 Å².